The number of aliphatic carboxylic acids is 1. The Morgan fingerprint density at radius 2 is 2.42 bits per heavy atom. The number of H-pyrrole nitrogens is 1. The molecule has 8 heteroatoms. The second-order valence-electron chi connectivity index (χ2n) is 4.54. The highest BCUT2D eigenvalue weighted by atomic mass is 16.4. The highest BCUT2D eigenvalue weighted by molar-refractivity contribution is 5.76. The molecule has 0 aliphatic carbocycles. The van der Waals surface area contributed by atoms with Crippen LogP contribution >= 0.6 is 0 Å². The number of rotatable bonds is 4. The van der Waals surface area contributed by atoms with Gasteiger partial charge in [-0.15, -0.1) is 0 Å². The van der Waals surface area contributed by atoms with E-state index in [1.54, 1.807) is 4.90 Å². The third kappa shape index (κ3) is 3.67. The van der Waals surface area contributed by atoms with Gasteiger partial charge in [-0.3, -0.25) is 9.89 Å². The highest BCUT2D eigenvalue weighted by Crippen LogP contribution is 2.16. The van der Waals surface area contributed by atoms with E-state index in [9.17, 15) is 9.59 Å². The zero-order valence-corrected chi connectivity index (χ0v) is 10.5. The van der Waals surface area contributed by atoms with Crippen molar-refractivity contribution in [3.63, 3.8) is 0 Å². The fourth-order valence-electron chi connectivity index (χ4n) is 2.11. The average molecular weight is 267 g/mol. The molecule has 0 aromatic carbocycles. The summed E-state index contributed by atoms with van der Waals surface area (Å²) in [5, 5.41) is 18.1. The van der Waals surface area contributed by atoms with E-state index in [2.05, 4.69) is 20.5 Å². The zero-order chi connectivity index (χ0) is 13.7. The SMILES string of the molecule is O=C(O)C1CCCN(C(=O)NCCc2ncn[nH]2)C1. The molecule has 1 aromatic rings. The number of amides is 2. The summed E-state index contributed by atoms with van der Waals surface area (Å²) in [4.78, 5) is 28.3. The molecule has 2 heterocycles. The summed E-state index contributed by atoms with van der Waals surface area (Å²) < 4.78 is 0. The monoisotopic (exact) mass is 267 g/mol. The zero-order valence-electron chi connectivity index (χ0n) is 10.5. The Balaban J connectivity index is 1.74. The Kier molecular flexibility index (Phi) is 4.32. The first-order valence-electron chi connectivity index (χ1n) is 6.26. The minimum absolute atomic E-state index is 0.217. The quantitative estimate of drug-likeness (QED) is 0.702. The molecule has 8 nitrogen and oxygen atoms in total. The van der Waals surface area contributed by atoms with Crippen molar-refractivity contribution < 1.29 is 14.7 Å². The van der Waals surface area contributed by atoms with Crippen LogP contribution in [0.4, 0.5) is 4.79 Å². The van der Waals surface area contributed by atoms with E-state index in [0.717, 1.165) is 6.42 Å². The average Bonchev–Trinajstić information content (AvgIpc) is 2.92. The van der Waals surface area contributed by atoms with Crippen molar-refractivity contribution in [1.29, 1.82) is 0 Å². The molecule has 0 saturated carbocycles. The van der Waals surface area contributed by atoms with Crippen LogP contribution in [0.25, 0.3) is 0 Å². The lowest BCUT2D eigenvalue weighted by Gasteiger charge is -2.30. The molecule has 1 atom stereocenters. The summed E-state index contributed by atoms with van der Waals surface area (Å²) in [6.07, 6.45) is 3.35. The Bertz CT molecular complexity index is 434. The number of aromatic nitrogens is 3. The van der Waals surface area contributed by atoms with Crippen molar-refractivity contribution in [3.8, 4) is 0 Å². The van der Waals surface area contributed by atoms with Gasteiger partial charge in [0, 0.05) is 26.1 Å². The largest absolute Gasteiger partial charge is 0.481 e. The first-order valence-corrected chi connectivity index (χ1v) is 6.26. The molecule has 104 valence electrons. The van der Waals surface area contributed by atoms with Crippen LogP contribution in [0.5, 0.6) is 0 Å². The van der Waals surface area contributed by atoms with Crippen molar-refractivity contribution >= 4 is 12.0 Å². The minimum atomic E-state index is -0.834. The van der Waals surface area contributed by atoms with Crippen LogP contribution in [0.3, 0.4) is 0 Å². The van der Waals surface area contributed by atoms with Gasteiger partial charge in [0.2, 0.25) is 0 Å². The predicted molar refractivity (Wildman–Crippen MR) is 65.4 cm³/mol. The molecule has 19 heavy (non-hydrogen) atoms. The lowest BCUT2D eigenvalue weighted by Crippen LogP contribution is -2.47. The smallest absolute Gasteiger partial charge is 0.317 e. The molecule has 0 bridgehead atoms. The summed E-state index contributed by atoms with van der Waals surface area (Å²) in [5.74, 6) is -0.574. The number of carboxylic acid groups (broad SMARTS) is 1. The third-order valence-corrected chi connectivity index (χ3v) is 3.16. The van der Waals surface area contributed by atoms with Gasteiger partial charge in [0.25, 0.3) is 0 Å². The first kappa shape index (κ1) is 13.3. The molecular formula is C11H17N5O3. The fourth-order valence-corrected chi connectivity index (χ4v) is 2.11. The van der Waals surface area contributed by atoms with Crippen LogP contribution in [-0.4, -0.2) is 56.8 Å². The summed E-state index contributed by atoms with van der Waals surface area (Å²) in [6.45, 7) is 1.34. The summed E-state index contributed by atoms with van der Waals surface area (Å²) in [6, 6.07) is -0.217. The summed E-state index contributed by atoms with van der Waals surface area (Å²) in [5.41, 5.74) is 0. The van der Waals surface area contributed by atoms with E-state index in [-0.39, 0.29) is 12.6 Å². The number of nitrogens with zero attached hydrogens (tertiary/aromatic N) is 3. The van der Waals surface area contributed by atoms with Gasteiger partial charge in [-0.2, -0.15) is 5.10 Å². The number of aromatic amines is 1. The number of carbonyl (C=O) groups excluding carboxylic acids is 1. The van der Waals surface area contributed by atoms with Crippen LogP contribution < -0.4 is 5.32 Å². The third-order valence-electron chi connectivity index (χ3n) is 3.16. The van der Waals surface area contributed by atoms with Gasteiger partial charge in [-0.1, -0.05) is 0 Å². The Hall–Kier alpha value is -2.12. The maximum absolute atomic E-state index is 11.9. The standard InChI is InChI=1S/C11H17N5O3/c17-10(18)8-2-1-5-16(6-8)11(19)12-4-3-9-13-7-14-15-9/h7-8H,1-6H2,(H,12,19)(H,17,18)(H,13,14,15). The summed E-state index contributed by atoms with van der Waals surface area (Å²) >= 11 is 0. The van der Waals surface area contributed by atoms with Gasteiger partial charge < -0.3 is 15.3 Å². The minimum Gasteiger partial charge on any atom is -0.481 e. The molecule has 3 N–H and O–H groups in total. The number of carbonyl (C=O) groups is 2. The fraction of sp³-hybridized carbons (Fsp3) is 0.636. The lowest BCUT2D eigenvalue weighted by molar-refractivity contribution is -0.143. The number of likely N-dealkylation sites (tertiary alicyclic amines) is 1. The van der Waals surface area contributed by atoms with Gasteiger partial charge >= 0.3 is 12.0 Å². The van der Waals surface area contributed by atoms with E-state index in [0.29, 0.717) is 31.8 Å². The number of piperidine rings is 1. The van der Waals surface area contributed by atoms with E-state index >= 15 is 0 Å². The molecule has 0 spiro atoms. The van der Waals surface area contributed by atoms with Gasteiger partial charge in [0.1, 0.15) is 12.2 Å². The Morgan fingerprint density at radius 1 is 1.58 bits per heavy atom. The number of nitrogens with one attached hydrogen (secondary N) is 2. The normalized spacial score (nSPS) is 19.2. The van der Waals surface area contributed by atoms with Gasteiger partial charge in [0.05, 0.1) is 5.92 Å². The maximum Gasteiger partial charge on any atom is 0.317 e. The molecule has 0 radical (unpaired) electrons. The van der Waals surface area contributed by atoms with Crippen molar-refractivity contribution in [2.24, 2.45) is 5.92 Å². The number of urea groups is 1. The second-order valence-corrected chi connectivity index (χ2v) is 4.54. The molecule has 2 amide bonds. The number of carboxylic acids is 1. The molecule has 1 unspecified atom stereocenters. The van der Waals surface area contributed by atoms with Crippen molar-refractivity contribution in [1.82, 2.24) is 25.4 Å². The Labute approximate surface area is 110 Å². The van der Waals surface area contributed by atoms with E-state index in [1.165, 1.54) is 6.33 Å². The molecule has 1 saturated heterocycles. The highest BCUT2D eigenvalue weighted by Gasteiger charge is 2.27. The van der Waals surface area contributed by atoms with Crippen LogP contribution in [0.15, 0.2) is 6.33 Å². The first-order chi connectivity index (χ1) is 9.16. The maximum atomic E-state index is 11.9. The molecule has 1 fully saturated rings. The van der Waals surface area contributed by atoms with Gasteiger partial charge in [-0.25, -0.2) is 9.78 Å². The lowest BCUT2D eigenvalue weighted by atomic mass is 9.99. The Morgan fingerprint density at radius 3 is 3.11 bits per heavy atom. The number of hydrogen-bond acceptors (Lipinski definition) is 4. The van der Waals surface area contributed by atoms with Crippen LogP contribution in [0.1, 0.15) is 18.7 Å². The van der Waals surface area contributed by atoms with E-state index in [1.807, 2.05) is 0 Å². The van der Waals surface area contributed by atoms with Gasteiger partial charge in [0.15, 0.2) is 0 Å². The molecular weight excluding hydrogens is 250 g/mol. The van der Waals surface area contributed by atoms with E-state index < -0.39 is 11.9 Å². The van der Waals surface area contributed by atoms with Crippen LogP contribution in [0.2, 0.25) is 0 Å². The van der Waals surface area contributed by atoms with Crippen LogP contribution in [0, 0.1) is 5.92 Å². The predicted octanol–water partition coefficient (Wildman–Crippen LogP) is -0.147. The molecule has 1 aliphatic rings. The topological polar surface area (TPSA) is 111 Å². The van der Waals surface area contributed by atoms with Crippen molar-refractivity contribution in [2.45, 2.75) is 19.3 Å². The molecule has 1 aliphatic heterocycles. The summed E-state index contributed by atoms with van der Waals surface area (Å²) in [7, 11) is 0. The van der Waals surface area contributed by atoms with Crippen molar-refractivity contribution in [2.75, 3.05) is 19.6 Å². The van der Waals surface area contributed by atoms with Crippen molar-refractivity contribution in [3.05, 3.63) is 12.2 Å². The molecule has 2 rings (SSSR count). The van der Waals surface area contributed by atoms with E-state index in [4.69, 9.17) is 5.11 Å². The van der Waals surface area contributed by atoms with Gasteiger partial charge in [-0.05, 0) is 12.8 Å². The number of hydrogen-bond donors (Lipinski definition) is 3. The molecule has 1 aromatic heterocycles. The second kappa shape index (κ2) is 6.17. The van der Waals surface area contributed by atoms with Crippen LogP contribution in [-0.2, 0) is 11.2 Å².